The second-order valence-corrected chi connectivity index (χ2v) is 4.98. The van der Waals surface area contributed by atoms with Gasteiger partial charge < -0.3 is 5.73 Å². The molecule has 0 radical (unpaired) electrons. The van der Waals surface area contributed by atoms with Crippen molar-refractivity contribution in [2.75, 3.05) is 6.54 Å². The fourth-order valence-electron chi connectivity index (χ4n) is 1.58. The maximum atomic E-state index is 5.74. The van der Waals surface area contributed by atoms with E-state index in [1.54, 1.807) is 0 Å². The summed E-state index contributed by atoms with van der Waals surface area (Å²) < 4.78 is 0. The van der Waals surface area contributed by atoms with Gasteiger partial charge >= 0.3 is 0 Å². The SMILES string of the molecule is Cc1ccc(C)c(CC(C)(C)CN)c1. The molecule has 1 aromatic rings. The van der Waals surface area contributed by atoms with Crippen molar-refractivity contribution in [3.8, 4) is 0 Å². The van der Waals surface area contributed by atoms with Crippen molar-refractivity contribution in [1.29, 1.82) is 0 Å². The van der Waals surface area contributed by atoms with Gasteiger partial charge in [0.2, 0.25) is 0 Å². The van der Waals surface area contributed by atoms with Crippen LogP contribution >= 0.6 is 0 Å². The van der Waals surface area contributed by atoms with Gasteiger partial charge in [0.25, 0.3) is 0 Å². The average Bonchev–Trinajstić information content (AvgIpc) is 2.11. The lowest BCUT2D eigenvalue weighted by Gasteiger charge is -2.23. The van der Waals surface area contributed by atoms with E-state index >= 15 is 0 Å². The molecule has 1 aromatic carbocycles. The number of nitrogens with two attached hydrogens (primary N) is 1. The molecule has 14 heavy (non-hydrogen) atoms. The number of hydrogen-bond donors (Lipinski definition) is 1. The Hall–Kier alpha value is -0.820. The summed E-state index contributed by atoms with van der Waals surface area (Å²) in [6, 6.07) is 6.62. The molecule has 0 aliphatic rings. The number of hydrogen-bond acceptors (Lipinski definition) is 1. The lowest BCUT2D eigenvalue weighted by atomic mass is 9.84. The van der Waals surface area contributed by atoms with Crippen LogP contribution in [0.3, 0.4) is 0 Å². The van der Waals surface area contributed by atoms with E-state index in [1.165, 1.54) is 16.7 Å². The minimum Gasteiger partial charge on any atom is -0.330 e. The van der Waals surface area contributed by atoms with Gasteiger partial charge in [-0.2, -0.15) is 0 Å². The molecular formula is C13H21N. The zero-order valence-corrected chi connectivity index (χ0v) is 9.72. The Kier molecular flexibility index (Phi) is 3.33. The van der Waals surface area contributed by atoms with E-state index < -0.39 is 0 Å². The molecule has 0 saturated heterocycles. The zero-order valence-electron chi connectivity index (χ0n) is 9.72. The molecule has 1 nitrogen and oxygen atoms in total. The predicted octanol–water partition coefficient (Wildman–Crippen LogP) is 2.83. The lowest BCUT2D eigenvalue weighted by molar-refractivity contribution is 0.376. The van der Waals surface area contributed by atoms with E-state index in [0.717, 1.165) is 13.0 Å². The maximum Gasteiger partial charge on any atom is -0.00226 e. The van der Waals surface area contributed by atoms with Crippen LogP contribution < -0.4 is 5.73 Å². The van der Waals surface area contributed by atoms with Crippen LogP contribution in [0.1, 0.15) is 30.5 Å². The van der Waals surface area contributed by atoms with Gasteiger partial charge in [0.1, 0.15) is 0 Å². The summed E-state index contributed by atoms with van der Waals surface area (Å²) >= 11 is 0. The van der Waals surface area contributed by atoms with Crippen LogP contribution in [-0.4, -0.2) is 6.54 Å². The molecule has 0 heterocycles. The van der Waals surface area contributed by atoms with E-state index in [9.17, 15) is 0 Å². The quantitative estimate of drug-likeness (QED) is 0.781. The first-order valence-electron chi connectivity index (χ1n) is 5.21. The van der Waals surface area contributed by atoms with Gasteiger partial charge in [-0.25, -0.2) is 0 Å². The Balaban J connectivity index is 2.91. The molecule has 0 unspecified atom stereocenters. The summed E-state index contributed by atoms with van der Waals surface area (Å²) in [6.45, 7) is 9.48. The van der Waals surface area contributed by atoms with Crippen molar-refractivity contribution >= 4 is 0 Å². The minimum atomic E-state index is 0.207. The van der Waals surface area contributed by atoms with Gasteiger partial charge in [-0.05, 0) is 43.4 Å². The van der Waals surface area contributed by atoms with Gasteiger partial charge in [-0.1, -0.05) is 37.6 Å². The van der Waals surface area contributed by atoms with E-state index in [0.29, 0.717) is 0 Å². The minimum absolute atomic E-state index is 0.207. The van der Waals surface area contributed by atoms with Crippen LogP contribution in [-0.2, 0) is 6.42 Å². The Morgan fingerprint density at radius 2 is 1.86 bits per heavy atom. The Morgan fingerprint density at radius 1 is 1.21 bits per heavy atom. The van der Waals surface area contributed by atoms with Gasteiger partial charge in [-0.3, -0.25) is 0 Å². The van der Waals surface area contributed by atoms with Crippen LogP contribution in [0.25, 0.3) is 0 Å². The summed E-state index contributed by atoms with van der Waals surface area (Å²) in [5.74, 6) is 0. The van der Waals surface area contributed by atoms with Gasteiger partial charge in [0.05, 0.1) is 0 Å². The highest BCUT2D eigenvalue weighted by atomic mass is 14.6. The number of aryl methyl sites for hydroxylation is 2. The molecule has 1 heteroatoms. The smallest absolute Gasteiger partial charge is 0.00226 e. The van der Waals surface area contributed by atoms with E-state index in [4.69, 9.17) is 5.73 Å². The molecule has 0 bridgehead atoms. The predicted molar refractivity (Wildman–Crippen MR) is 62.5 cm³/mol. The van der Waals surface area contributed by atoms with E-state index in [-0.39, 0.29) is 5.41 Å². The normalized spacial score (nSPS) is 11.8. The Morgan fingerprint density at radius 3 is 2.43 bits per heavy atom. The van der Waals surface area contributed by atoms with Crippen LogP contribution in [0.4, 0.5) is 0 Å². The molecule has 1 rings (SSSR count). The first-order valence-corrected chi connectivity index (χ1v) is 5.21. The van der Waals surface area contributed by atoms with E-state index in [2.05, 4.69) is 45.9 Å². The van der Waals surface area contributed by atoms with Crippen LogP contribution in [0.15, 0.2) is 18.2 Å². The fraction of sp³-hybridized carbons (Fsp3) is 0.538. The number of rotatable bonds is 3. The molecule has 0 fully saturated rings. The highest BCUT2D eigenvalue weighted by Gasteiger charge is 2.17. The zero-order chi connectivity index (χ0) is 10.8. The second kappa shape index (κ2) is 4.14. The molecular weight excluding hydrogens is 170 g/mol. The Labute approximate surface area is 87.3 Å². The summed E-state index contributed by atoms with van der Waals surface area (Å²) in [7, 11) is 0. The molecule has 2 N–H and O–H groups in total. The first kappa shape index (κ1) is 11.3. The summed E-state index contributed by atoms with van der Waals surface area (Å²) in [5, 5.41) is 0. The molecule has 0 spiro atoms. The first-order chi connectivity index (χ1) is 6.44. The molecule has 78 valence electrons. The van der Waals surface area contributed by atoms with Crippen LogP contribution in [0.5, 0.6) is 0 Å². The molecule has 0 atom stereocenters. The molecule has 0 aliphatic heterocycles. The fourth-order valence-corrected chi connectivity index (χ4v) is 1.58. The van der Waals surface area contributed by atoms with Crippen LogP contribution in [0, 0.1) is 19.3 Å². The van der Waals surface area contributed by atoms with Crippen molar-refractivity contribution < 1.29 is 0 Å². The second-order valence-electron chi connectivity index (χ2n) is 4.98. The summed E-state index contributed by atoms with van der Waals surface area (Å²) in [5.41, 5.74) is 10.1. The van der Waals surface area contributed by atoms with Crippen molar-refractivity contribution in [2.45, 2.75) is 34.1 Å². The van der Waals surface area contributed by atoms with Crippen LogP contribution in [0.2, 0.25) is 0 Å². The average molecular weight is 191 g/mol. The molecule has 0 saturated carbocycles. The third-order valence-electron chi connectivity index (χ3n) is 2.73. The van der Waals surface area contributed by atoms with Gasteiger partial charge in [0.15, 0.2) is 0 Å². The van der Waals surface area contributed by atoms with Crippen molar-refractivity contribution in [3.63, 3.8) is 0 Å². The molecule has 0 amide bonds. The monoisotopic (exact) mass is 191 g/mol. The van der Waals surface area contributed by atoms with Crippen molar-refractivity contribution in [2.24, 2.45) is 11.1 Å². The van der Waals surface area contributed by atoms with Crippen molar-refractivity contribution in [3.05, 3.63) is 34.9 Å². The molecule has 0 aromatic heterocycles. The molecule has 0 aliphatic carbocycles. The van der Waals surface area contributed by atoms with Crippen molar-refractivity contribution in [1.82, 2.24) is 0 Å². The standard InChI is InChI=1S/C13H21N/c1-10-5-6-11(2)12(7-10)8-13(3,4)9-14/h5-7H,8-9,14H2,1-4H3. The summed E-state index contributed by atoms with van der Waals surface area (Å²) in [4.78, 5) is 0. The van der Waals surface area contributed by atoms with Gasteiger partial charge in [-0.15, -0.1) is 0 Å². The third-order valence-corrected chi connectivity index (χ3v) is 2.73. The maximum absolute atomic E-state index is 5.74. The summed E-state index contributed by atoms with van der Waals surface area (Å²) in [6.07, 6.45) is 1.07. The largest absolute Gasteiger partial charge is 0.330 e. The Bertz CT molecular complexity index is 313. The lowest BCUT2D eigenvalue weighted by Crippen LogP contribution is -2.26. The van der Waals surface area contributed by atoms with Gasteiger partial charge in [0, 0.05) is 0 Å². The highest BCUT2D eigenvalue weighted by molar-refractivity contribution is 5.31. The highest BCUT2D eigenvalue weighted by Crippen LogP contribution is 2.23. The number of benzene rings is 1. The van der Waals surface area contributed by atoms with E-state index in [1.807, 2.05) is 0 Å². The third kappa shape index (κ3) is 2.85. The topological polar surface area (TPSA) is 26.0 Å².